The van der Waals surface area contributed by atoms with Gasteiger partial charge in [0.25, 0.3) is 5.91 Å². The molecule has 0 saturated carbocycles. The van der Waals surface area contributed by atoms with E-state index in [9.17, 15) is 31.9 Å². The molecule has 0 aliphatic carbocycles. The van der Waals surface area contributed by atoms with Crippen LogP contribution in [0.5, 0.6) is 0 Å². The zero-order chi connectivity index (χ0) is 20.5. The molecule has 28 heavy (non-hydrogen) atoms. The fourth-order valence-electron chi connectivity index (χ4n) is 2.56. The van der Waals surface area contributed by atoms with E-state index in [-0.39, 0.29) is 0 Å². The SMILES string of the molecule is O=C1NC(=O)N(c2ccccc2F)C(=O)[C@H]1C=Nc1ccccc1C(F)(F)F. The van der Waals surface area contributed by atoms with E-state index in [0.29, 0.717) is 11.1 Å². The largest absolute Gasteiger partial charge is 0.418 e. The molecular weight excluding hydrogens is 382 g/mol. The van der Waals surface area contributed by atoms with Gasteiger partial charge in [-0.05, 0) is 24.3 Å². The van der Waals surface area contributed by atoms with Gasteiger partial charge in [0, 0.05) is 6.21 Å². The number of aliphatic imine (C=N–C) groups is 1. The van der Waals surface area contributed by atoms with E-state index in [1.54, 1.807) is 0 Å². The first-order chi connectivity index (χ1) is 13.2. The summed E-state index contributed by atoms with van der Waals surface area (Å²) >= 11 is 0. The van der Waals surface area contributed by atoms with Gasteiger partial charge in [0.2, 0.25) is 5.91 Å². The smallest absolute Gasteiger partial charge is 0.276 e. The quantitative estimate of drug-likeness (QED) is 0.493. The number of halogens is 4. The summed E-state index contributed by atoms with van der Waals surface area (Å²) in [7, 11) is 0. The van der Waals surface area contributed by atoms with Crippen LogP contribution in [0.2, 0.25) is 0 Å². The third kappa shape index (κ3) is 3.61. The van der Waals surface area contributed by atoms with Crippen molar-refractivity contribution >= 4 is 35.4 Å². The maximum atomic E-state index is 14.0. The lowest BCUT2D eigenvalue weighted by Crippen LogP contribution is -2.58. The van der Waals surface area contributed by atoms with E-state index in [4.69, 9.17) is 0 Å². The molecule has 1 fully saturated rings. The van der Waals surface area contributed by atoms with E-state index in [1.165, 1.54) is 24.3 Å². The van der Waals surface area contributed by atoms with Gasteiger partial charge in [-0.15, -0.1) is 0 Å². The van der Waals surface area contributed by atoms with Gasteiger partial charge in [0.05, 0.1) is 16.9 Å². The number of urea groups is 1. The van der Waals surface area contributed by atoms with Crippen LogP contribution in [-0.2, 0) is 15.8 Å². The van der Waals surface area contributed by atoms with Crippen LogP contribution in [0.25, 0.3) is 0 Å². The Balaban J connectivity index is 1.96. The van der Waals surface area contributed by atoms with Gasteiger partial charge in [0.15, 0.2) is 5.92 Å². The van der Waals surface area contributed by atoms with Crippen LogP contribution in [0.3, 0.4) is 0 Å². The number of alkyl halides is 3. The van der Waals surface area contributed by atoms with Gasteiger partial charge in [0.1, 0.15) is 5.82 Å². The predicted molar refractivity (Wildman–Crippen MR) is 90.5 cm³/mol. The first-order valence-electron chi connectivity index (χ1n) is 7.84. The fourth-order valence-corrected chi connectivity index (χ4v) is 2.56. The molecule has 0 bridgehead atoms. The summed E-state index contributed by atoms with van der Waals surface area (Å²) in [6, 6.07) is 8.03. The number of barbiturate groups is 1. The summed E-state index contributed by atoms with van der Waals surface area (Å²) in [4.78, 5) is 40.6. The molecule has 0 radical (unpaired) electrons. The number of hydrogen-bond donors (Lipinski definition) is 1. The summed E-state index contributed by atoms with van der Waals surface area (Å²) in [5.74, 6) is -4.81. The number of nitrogens with one attached hydrogen (secondary N) is 1. The number of anilines is 1. The van der Waals surface area contributed by atoms with Crippen LogP contribution in [0.15, 0.2) is 53.5 Å². The van der Waals surface area contributed by atoms with Crippen molar-refractivity contribution in [3.8, 4) is 0 Å². The highest BCUT2D eigenvalue weighted by atomic mass is 19.4. The highest BCUT2D eigenvalue weighted by Crippen LogP contribution is 2.36. The molecule has 1 saturated heterocycles. The Labute approximate surface area is 155 Å². The van der Waals surface area contributed by atoms with E-state index in [2.05, 4.69) is 4.99 Å². The fraction of sp³-hybridized carbons (Fsp3) is 0.111. The molecule has 1 heterocycles. The van der Waals surface area contributed by atoms with Crippen molar-refractivity contribution in [2.24, 2.45) is 10.9 Å². The minimum Gasteiger partial charge on any atom is -0.276 e. The summed E-state index contributed by atoms with van der Waals surface area (Å²) in [6.45, 7) is 0. The van der Waals surface area contributed by atoms with Crippen molar-refractivity contribution in [2.75, 3.05) is 4.90 Å². The standard InChI is InChI=1S/C18H11F4N3O3/c19-12-6-2-4-8-14(12)25-16(27)10(15(26)24-17(25)28)9-23-13-7-3-1-5-11(13)18(20,21)22/h1-10H,(H,24,26,28)/t10-/m0/s1. The van der Waals surface area contributed by atoms with Crippen LogP contribution in [0, 0.1) is 11.7 Å². The number of benzene rings is 2. The van der Waals surface area contributed by atoms with Crippen molar-refractivity contribution in [1.82, 2.24) is 5.32 Å². The molecular formula is C18H11F4N3O3. The third-order valence-electron chi connectivity index (χ3n) is 3.87. The summed E-state index contributed by atoms with van der Waals surface area (Å²) in [6.07, 6.45) is -4.00. The molecule has 1 atom stereocenters. The number of para-hydroxylation sites is 2. The van der Waals surface area contributed by atoms with Crippen LogP contribution in [-0.4, -0.2) is 24.1 Å². The third-order valence-corrected chi connectivity index (χ3v) is 3.87. The Morgan fingerprint density at radius 3 is 2.32 bits per heavy atom. The van der Waals surface area contributed by atoms with Gasteiger partial charge in [-0.2, -0.15) is 13.2 Å². The van der Waals surface area contributed by atoms with Gasteiger partial charge >= 0.3 is 12.2 Å². The Morgan fingerprint density at radius 2 is 1.64 bits per heavy atom. The van der Waals surface area contributed by atoms with Crippen LogP contribution < -0.4 is 10.2 Å². The first kappa shape index (κ1) is 19.2. The molecule has 4 amide bonds. The first-order valence-corrected chi connectivity index (χ1v) is 7.84. The Bertz CT molecular complexity index is 988. The maximum Gasteiger partial charge on any atom is 0.418 e. The van der Waals surface area contributed by atoms with Crippen molar-refractivity contribution in [3.05, 3.63) is 59.9 Å². The summed E-state index contributed by atoms with van der Waals surface area (Å²) < 4.78 is 53.1. The number of amides is 4. The predicted octanol–water partition coefficient (Wildman–Crippen LogP) is 3.45. The molecule has 1 aliphatic rings. The number of hydrogen-bond acceptors (Lipinski definition) is 4. The van der Waals surface area contributed by atoms with Gasteiger partial charge < -0.3 is 0 Å². The second-order valence-electron chi connectivity index (χ2n) is 5.69. The van der Waals surface area contributed by atoms with Crippen LogP contribution >= 0.6 is 0 Å². The Hall–Kier alpha value is -3.56. The van der Waals surface area contributed by atoms with E-state index < -0.39 is 52.7 Å². The second kappa shape index (κ2) is 7.22. The zero-order valence-corrected chi connectivity index (χ0v) is 13.9. The highest BCUT2D eigenvalue weighted by molar-refractivity contribution is 6.32. The minimum absolute atomic E-state index is 0.397. The number of nitrogens with zero attached hydrogens (tertiary/aromatic N) is 2. The Kier molecular flexibility index (Phi) is 4.95. The zero-order valence-electron chi connectivity index (χ0n) is 13.9. The van der Waals surface area contributed by atoms with Crippen LogP contribution in [0.1, 0.15) is 5.56 Å². The molecule has 0 aromatic heterocycles. The van der Waals surface area contributed by atoms with Gasteiger partial charge in [-0.3, -0.25) is 19.9 Å². The van der Waals surface area contributed by atoms with Crippen molar-refractivity contribution < 1.29 is 31.9 Å². The minimum atomic E-state index is -4.69. The van der Waals surface area contributed by atoms with Crippen LogP contribution in [0.4, 0.5) is 33.7 Å². The molecule has 6 nitrogen and oxygen atoms in total. The average Bonchev–Trinajstić information content (AvgIpc) is 2.62. The van der Waals surface area contributed by atoms with Gasteiger partial charge in [-0.1, -0.05) is 24.3 Å². The van der Waals surface area contributed by atoms with E-state index in [1.807, 2.05) is 5.32 Å². The van der Waals surface area contributed by atoms with Gasteiger partial charge in [-0.25, -0.2) is 14.1 Å². The Morgan fingerprint density at radius 1 is 1.00 bits per heavy atom. The van der Waals surface area contributed by atoms with E-state index >= 15 is 0 Å². The number of rotatable bonds is 3. The monoisotopic (exact) mass is 393 g/mol. The number of imide groups is 2. The summed E-state index contributed by atoms with van der Waals surface area (Å²) in [5, 5.41) is 1.86. The van der Waals surface area contributed by atoms with Crippen molar-refractivity contribution in [3.63, 3.8) is 0 Å². The normalized spacial score (nSPS) is 17.9. The molecule has 3 rings (SSSR count). The molecule has 10 heteroatoms. The van der Waals surface area contributed by atoms with Crippen molar-refractivity contribution in [2.45, 2.75) is 6.18 Å². The molecule has 1 N–H and O–H groups in total. The molecule has 2 aromatic rings. The lowest BCUT2D eigenvalue weighted by Gasteiger charge is -2.28. The topological polar surface area (TPSA) is 78.8 Å². The maximum absolute atomic E-state index is 14.0. The highest BCUT2D eigenvalue weighted by Gasteiger charge is 2.41. The lowest BCUT2D eigenvalue weighted by atomic mass is 10.1. The molecule has 0 unspecified atom stereocenters. The van der Waals surface area contributed by atoms with E-state index in [0.717, 1.165) is 24.3 Å². The summed E-state index contributed by atoms with van der Waals surface area (Å²) in [5.41, 5.74) is -1.96. The molecule has 144 valence electrons. The number of carbonyl (C=O) groups is 3. The number of carbonyl (C=O) groups excluding carboxylic acids is 3. The molecule has 2 aromatic carbocycles. The molecule has 0 spiro atoms. The lowest BCUT2D eigenvalue weighted by molar-refractivity contribution is -0.137. The average molecular weight is 393 g/mol. The second-order valence-corrected chi connectivity index (χ2v) is 5.69. The molecule has 1 aliphatic heterocycles. The van der Waals surface area contributed by atoms with Crippen molar-refractivity contribution in [1.29, 1.82) is 0 Å².